The Balaban J connectivity index is 1.11. The topological polar surface area (TPSA) is 38.7 Å². The number of aromatic nitrogens is 3. The van der Waals surface area contributed by atoms with Crippen molar-refractivity contribution in [3.63, 3.8) is 0 Å². The highest BCUT2D eigenvalue weighted by Crippen LogP contribution is 2.49. The van der Waals surface area contributed by atoms with Crippen molar-refractivity contribution < 1.29 is 0 Å². The maximum atomic E-state index is 5.53. The molecule has 0 amide bonds. The summed E-state index contributed by atoms with van der Waals surface area (Å²) in [7, 11) is 0. The molecular formula is C61H37N3S. The number of hydrogen-bond acceptors (Lipinski definition) is 4. The average Bonchev–Trinajstić information content (AvgIpc) is 3.77. The maximum Gasteiger partial charge on any atom is 0.165 e. The minimum absolute atomic E-state index is 0.637. The van der Waals surface area contributed by atoms with Crippen molar-refractivity contribution >= 4 is 74.6 Å². The molecule has 0 atom stereocenters. The van der Waals surface area contributed by atoms with Crippen LogP contribution in [0.3, 0.4) is 0 Å². The van der Waals surface area contributed by atoms with Gasteiger partial charge in [-0.15, -0.1) is 11.3 Å². The zero-order valence-electron chi connectivity index (χ0n) is 35.1. The van der Waals surface area contributed by atoms with E-state index in [2.05, 4.69) is 206 Å². The summed E-state index contributed by atoms with van der Waals surface area (Å²) in [5, 5.41) is 11.8. The molecule has 3 nitrogen and oxygen atoms in total. The molecule has 0 radical (unpaired) electrons. The van der Waals surface area contributed by atoms with E-state index in [9.17, 15) is 0 Å². The van der Waals surface area contributed by atoms with Crippen molar-refractivity contribution in [3.8, 4) is 67.5 Å². The number of benzene rings is 11. The molecule has 11 aromatic carbocycles. The van der Waals surface area contributed by atoms with Gasteiger partial charge in [0.1, 0.15) is 0 Å². The molecule has 0 bridgehead atoms. The molecule has 0 saturated heterocycles. The van der Waals surface area contributed by atoms with E-state index in [1.54, 1.807) is 11.3 Å². The Morgan fingerprint density at radius 3 is 1.42 bits per heavy atom. The first-order chi connectivity index (χ1) is 32.3. The van der Waals surface area contributed by atoms with Crippen LogP contribution < -0.4 is 0 Å². The van der Waals surface area contributed by atoms with Gasteiger partial charge in [0.05, 0.1) is 0 Å². The normalized spacial score (nSPS) is 11.7. The summed E-state index contributed by atoms with van der Waals surface area (Å²) in [6.07, 6.45) is 0. The molecule has 0 spiro atoms. The Morgan fingerprint density at radius 1 is 0.246 bits per heavy atom. The average molecular weight is 844 g/mol. The highest BCUT2D eigenvalue weighted by atomic mass is 32.1. The van der Waals surface area contributed by atoms with Gasteiger partial charge in [0.25, 0.3) is 0 Å². The van der Waals surface area contributed by atoms with Crippen molar-refractivity contribution in [1.29, 1.82) is 0 Å². The number of hydrogen-bond donors (Lipinski definition) is 0. The monoisotopic (exact) mass is 843 g/mol. The summed E-state index contributed by atoms with van der Waals surface area (Å²) in [6.45, 7) is 0. The van der Waals surface area contributed by atoms with E-state index in [0.717, 1.165) is 38.6 Å². The highest BCUT2D eigenvalue weighted by molar-refractivity contribution is 7.26. The summed E-state index contributed by atoms with van der Waals surface area (Å²) in [4.78, 5) is 16.2. The third-order valence-corrected chi connectivity index (χ3v) is 14.2. The molecule has 0 aliphatic carbocycles. The van der Waals surface area contributed by atoms with Crippen LogP contribution in [0.15, 0.2) is 224 Å². The summed E-state index contributed by atoms with van der Waals surface area (Å²) in [6, 6.07) is 80.6. The maximum absolute atomic E-state index is 5.53. The fourth-order valence-electron chi connectivity index (χ4n) is 10.1. The molecule has 0 fully saturated rings. The van der Waals surface area contributed by atoms with Crippen molar-refractivity contribution in [2.45, 2.75) is 0 Å². The lowest BCUT2D eigenvalue weighted by atomic mass is 9.82. The van der Waals surface area contributed by atoms with E-state index in [-0.39, 0.29) is 0 Å². The zero-order chi connectivity index (χ0) is 42.8. The van der Waals surface area contributed by atoms with E-state index >= 15 is 0 Å². The Bertz CT molecular complexity index is 3950. The smallest absolute Gasteiger partial charge is 0.165 e. The minimum Gasteiger partial charge on any atom is -0.208 e. The summed E-state index contributed by atoms with van der Waals surface area (Å²) in [5.74, 6) is 1.93. The van der Waals surface area contributed by atoms with Crippen molar-refractivity contribution in [3.05, 3.63) is 224 Å². The van der Waals surface area contributed by atoms with E-state index in [1.165, 1.54) is 74.7 Å². The van der Waals surface area contributed by atoms with Crippen LogP contribution >= 0.6 is 11.3 Å². The fourth-order valence-corrected chi connectivity index (χ4v) is 11.3. The van der Waals surface area contributed by atoms with Crippen molar-refractivity contribution in [1.82, 2.24) is 15.0 Å². The van der Waals surface area contributed by atoms with Crippen LogP contribution in [0.1, 0.15) is 0 Å². The lowest BCUT2D eigenvalue weighted by Crippen LogP contribution is -2.02. The molecule has 65 heavy (non-hydrogen) atoms. The quantitative estimate of drug-likeness (QED) is 0.157. The summed E-state index contributed by atoms with van der Waals surface area (Å²) in [5.41, 5.74) is 10.0. The zero-order valence-corrected chi connectivity index (χ0v) is 35.9. The first-order valence-corrected chi connectivity index (χ1v) is 22.8. The number of nitrogens with zero attached hydrogens (tertiary/aromatic N) is 3. The van der Waals surface area contributed by atoms with Gasteiger partial charge in [-0.1, -0.05) is 212 Å². The second kappa shape index (κ2) is 15.2. The Hall–Kier alpha value is -8.31. The molecule has 2 aromatic heterocycles. The molecule has 4 heteroatoms. The Labute approximate surface area is 379 Å². The van der Waals surface area contributed by atoms with E-state index in [0.29, 0.717) is 17.5 Å². The minimum atomic E-state index is 0.637. The fraction of sp³-hybridized carbons (Fsp3) is 0. The molecule has 0 N–H and O–H groups in total. The van der Waals surface area contributed by atoms with Crippen molar-refractivity contribution in [2.24, 2.45) is 0 Å². The third kappa shape index (κ3) is 6.07. The molecule has 0 saturated carbocycles. The van der Waals surface area contributed by atoms with Gasteiger partial charge in [-0.05, 0) is 88.6 Å². The van der Waals surface area contributed by atoms with Crippen LogP contribution in [0, 0.1) is 0 Å². The van der Waals surface area contributed by atoms with Gasteiger partial charge >= 0.3 is 0 Å². The largest absolute Gasteiger partial charge is 0.208 e. The predicted octanol–water partition coefficient (Wildman–Crippen LogP) is 16.9. The van der Waals surface area contributed by atoms with Gasteiger partial charge in [-0.25, -0.2) is 15.0 Å². The van der Waals surface area contributed by atoms with Gasteiger partial charge in [0.15, 0.2) is 17.5 Å². The molecule has 2 heterocycles. The van der Waals surface area contributed by atoms with Gasteiger partial charge in [-0.2, -0.15) is 0 Å². The molecular weight excluding hydrogens is 807 g/mol. The van der Waals surface area contributed by atoms with Gasteiger partial charge in [0, 0.05) is 36.9 Å². The Morgan fingerprint density at radius 2 is 0.723 bits per heavy atom. The van der Waals surface area contributed by atoms with E-state index < -0.39 is 0 Å². The highest BCUT2D eigenvalue weighted by Gasteiger charge is 2.24. The van der Waals surface area contributed by atoms with E-state index in [4.69, 9.17) is 15.0 Å². The lowest BCUT2D eigenvalue weighted by molar-refractivity contribution is 1.08. The van der Waals surface area contributed by atoms with Gasteiger partial charge in [-0.3, -0.25) is 0 Å². The van der Waals surface area contributed by atoms with E-state index in [1.807, 2.05) is 18.2 Å². The number of fused-ring (bicyclic) bond motifs is 7. The van der Waals surface area contributed by atoms with Crippen LogP contribution in [0.25, 0.3) is 131 Å². The second-order valence-electron chi connectivity index (χ2n) is 16.6. The SMILES string of the molecule is c1ccc(-c2nc(-c3c(-c4c5ccccc5c(-c5ccc(-c6ccccc6)c6ccccc56)c5ccccc45)ccc4ccccc34)nc(-c3cccc4c3sc3ccccc34)n2)cc1. The second-order valence-corrected chi connectivity index (χ2v) is 17.6. The summed E-state index contributed by atoms with van der Waals surface area (Å²) < 4.78 is 2.41. The summed E-state index contributed by atoms with van der Waals surface area (Å²) >= 11 is 1.79. The molecule has 0 aliphatic heterocycles. The first-order valence-electron chi connectivity index (χ1n) is 22.0. The van der Waals surface area contributed by atoms with Gasteiger partial charge < -0.3 is 0 Å². The molecule has 302 valence electrons. The predicted molar refractivity (Wildman–Crippen MR) is 275 cm³/mol. The standard InChI is InChI=1S/C61H37N3S/c1-3-18-38(19-4-1)41-36-37-50(44-25-10-9-24-43(41)44)55-46-27-11-13-29-48(46)56(49-30-14-12-28-47(49)55)52-35-34-39-20-7-8-23-42(39)57(52)61-63-59(40-21-5-2-6-22-40)62-60(64-61)53-32-17-31-51-45-26-15-16-33-54(45)65-58(51)53/h1-37H. The Kier molecular flexibility index (Phi) is 8.71. The molecule has 0 unspecified atom stereocenters. The van der Waals surface area contributed by atoms with Crippen LogP contribution in [-0.4, -0.2) is 15.0 Å². The molecule has 0 aliphatic rings. The van der Waals surface area contributed by atoms with Gasteiger partial charge in [0.2, 0.25) is 0 Å². The number of rotatable bonds is 6. The molecule has 13 rings (SSSR count). The van der Waals surface area contributed by atoms with Crippen LogP contribution in [0.4, 0.5) is 0 Å². The van der Waals surface area contributed by atoms with Crippen molar-refractivity contribution in [2.75, 3.05) is 0 Å². The van der Waals surface area contributed by atoms with Crippen LogP contribution in [0.2, 0.25) is 0 Å². The van der Waals surface area contributed by atoms with Crippen LogP contribution in [0.5, 0.6) is 0 Å². The molecule has 13 aromatic rings. The number of thiophene rings is 1. The first kappa shape index (κ1) is 37.3. The third-order valence-electron chi connectivity index (χ3n) is 12.9. The van der Waals surface area contributed by atoms with Crippen LogP contribution in [-0.2, 0) is 0 Å². The lowest BCUT2D eigenvalue weighted by Gasteiger charge is -2.21.